The molecule has 0 atom stereocenters. The van der Waals surface area contributed by atoms with Gasteiger partial charge in [-0.25, -0.2) is 0 Å². The van der Waals surface area contributed by atoms with Crippen molar-refractivity contribution >= 4 is 11.4 Å². The Hall–Kier alpha value is -1.32. The second-order valence-corrected chi connectivity index (χ2v) is 4.75. The molecule has 1 rings (SSSR count). The van der Waals surface area contributed by atoms with Gasteiger partial charge in [-0.1, -0.05) is 26.7 Å². The Morgan fingerprint density at radius 2 is 1.59 bits per heavy atom. The summed E-state index contributed by atoms with van der Waals surface area (Å²) in [7, 11) is 0. The standard InChI is InChI=1S/C13H22N2O2/c1-4-14-10-11(13(17)12(10)16)15-8-6-5-7-9(2)3/h9,14-15H,4-8H2,1-3H3. The van der Waals surface area contributed by atoms with E-state index in [-0.39, 0.29) is 5.43 Å². The van der Waals surface area contributed by atoms with E-state index >= 15 is 0 Å². The van der Waals surface area contributed by atoms with Crippen LogP contribution in [0.1, 0.15) is 40.0 Å². The number of unbranched alkanes of at least 4 members (excludes halogenated alkanes) is 1. The van der Waals surface area contributed by atoms with E-state index in [1.54, 1.807) is 0 Å². The molecular weight excluding hydrogens is 216 g/mol. The molecule has 96 valence electrons. The molecule has 0 amide bonds. The zero-order chi connectivity index (χ0) is 12.8. The summed E-state index contributed by atoms with van der Waals surface area (Å²) in [6.07, 6.45) is 3.38. The molecule has 0 unspecified atom stereocenters. The number of rotatable bonds is 8. The fourth-order valence-electron chi connectivity index (χ4n) is 1.80. The molecule has 17 heavy (non-hydrogen) atoms. The number of hydrogen-bond donors (Lipinski definition) is 2. The van der Waals surface area contributed by atoms with Crippen molar-refractivity contribution in [2.75, 3.05) is 23.7 Å². The normalized spacial score (nSPS) is 11.1. The smallest absolute Gasteiger partial charge is 0.253 e. The van der Waals surface area contributed by atoms with Gasteiger partial charge in [0.2, 0.25) is 0 Å². The second kappa shape index (κ2) is 6.42. The van der Waals surface area contributed by atoms with Crippen LogP contribution in [0.15, 0.2) is 9.59 Å². The van der Waals surface area contributed by atoms with Crippen LogP contribution in [-0.4, -0.2) is 13.1 Å². The summed E-state index contributed by atoms with van der Waals surface area (Å²) in [4.78, 5) is 22.5. The van der Waals surface area contributed by atoms with Gasteiger partial charge in [0.1, 0.15) is 11.4 Å². The summed E-state index contributed by atoms with van der Waals surface area (Å²) in [6.45, 7) is 7.73. The first-order chi connectivity index (χ1) is 8.07. The van der Waals surface area contributed by atoms with Crippen LogP contribution in [-0.2, 0) is 0 Å². The van der Waals surface area contributed by atoms with Gasteiger partial charge >= 0.3 is 0 Å². The number of anilines is 2. The highest BCUT2D eigenvalue weighted by molar-refractivity contribution is 5.73. The molecule has 0 aliphatic rings. The second-order valence-electron chi connectivity index (χ2n) is 4.75. The van der Waals surface area contributed by atoms with E-state index in [1.165, 1.54) is 6.42 Å². The summed E-state index contributed by atoms with van der Waals surface area (Å²) in [5.74, 6) is 0.721. The van der Waals surface area contributed by atoms with Crippen LogP contribution in [0.5, 0.6) is 0 Å². The van der Waals surface area contributed by atoms with Gasteiger partial charge in [-0.3, -0.25) is 9.59 Å². The van der Waals surface area contributed by atoms with Crippen LogP contribution in [0.4, 0.5) is 11.4 Å². The first kappa shape index (κ1) is 13.7. The molecule has 0 aromatic heterocycles. The minimum absolute atomic E-state index is 0.384. The molecule has 0 aliphatic carbocycles. The van der Waals surface area contributed by atoms with Crippen molar-refractivity contribution in [3.8, 4) is 0 Å². The van der Waals surface area contributed by atoms with Gasteiger partial charge < -0.3 is 10.6 Å². The lowest BCUT2D eigenvalue weighted by atomic mass is 10.1. The van der Waals surface area contributed by atoms with Crippen LogP contribution in [0.25, 0.3) is 0 Å². The van der Waals surface area contributed by atoms with Crippen molar-refractivity contribution in [3.63, 3.8) is 0 Å². The number of hydrogen-bond acceptors (Lipinski definition) is 4. The van der Waals surface area contributed by atoms with E-state index in [4.69, 9.17) is 0 Å². The fourth-order valence-corrected chi connectivity index (χ4v) is 1.80. The molecule has 0 fully saturated rings. The van der Waals surface area contributed by atoms with E-state index in [9.17, 15) is 9.59 Å². The van der Waals surface area contributed by atoms with Gasteiger partial charge in [0.05, 0.1) is 0 Å². The monoisotopic (exact) mass is 238 g/mol. The van der Waals surface area contributed by atoms with Gasteiger partial charge in [0.15, 0.2) is 0 Å². The summed E-state index contributed by atoms with van der Waals surface area (Å²) < 4.78 is 0. The first-order valence-corrected chi connectivity index (χ1v) is 6.39. The Kier molecular flexibility index (Phi) is 5.19. The van der Waals surface area contributed by atoms with Crippen molar-refractivity contribution < 1.29 is 0 Å². The van der Waals surface area contributed by atoms with Crippen LogP contribution in [0, 0.1) is 5.92 Å². The van der Waals surface area contributed by atoms with E-state index < -0.39 is 5.43 Å². The van der Waals surface area contributed by atoms with E-state index in [1.807, 2.05) is 6.92 Å². The minimum atomic E-state index is -0.392. The fraction of sp³-hybridized carbons (Fsp3) is 0.692. The predicted octanol–water partition coefficient (Wildman–Crippen LogP) is 1.95. The van der Waals surface area contributed by atoms with Gasteiger partial charge in [-0.15, -0.1) is 0 Å². The van der Waals surface area contributed by atoms with Gasteiger partial charge in [0.25, 0.3) is 10.9 Å². The largest absolute Gasteiger partial charge is 0.380 e. The predicted molar refractivity (Wildman–Crippen MR) is 72.7 cm³/mol. The Bertz CT molecular complexity index is 417. The third-order valence-electron chi connectivity index (χ3n) is 2.77. The van der Waals surface area contributed by atoms with E-state index in [0.29, 0.717) is 17.9 Å². The Labute approximate surface area is 102 Å². The lowest BCUT2D eigenvalue weighted by Gasteiger charge is -2.13. The molecule has 0 radical (unpaired) electrons. The SMILES string of the molecule is CCNc1c(NCCCCC(C)C)c(=O)c1=O. The molecular formula is C13H22N2O2. The number of nitrogens with one attached hydrogen (secondary N) is 2. The molecule has 1 aromatic rings. The Morgan fingerprint density at radius 3 is 2.12 bits per heavy atom. The van der Waals surface area contributed by atoms with Crippen molar-refractivity contribution in [1.82, 2.24) is 0 Å². The maximum Gasteiger partial charge on any atom is 0.253 e. The lowest BCUT2D eigenvalue weighted by molar-refractivity contribution is 0.545. The topological polar surface area (TPSA) is 58.2 Å². The third-order valence-corrected chi connectivity index (χ3v) is 2.77. The molecule has 0 bridgehead atoms. The highest BCUT2D eigenvalue weighted by Crippen LogP contribution is 2.14. The lowest BCUT2D eigenvalue weighted by Crippen LogP contribution is -2.37. The third kappa shape index (κ3) is 3.58. The van der Waals surface area contributed by atoms with Crippen molar-refractivity contribution in [3.05, 3.63) is 20.4 Å². The minimum Gasteiger partial charge on any atom is -0.380 e. The molecule has 0 saturated heterocycles. The molecule has 4 heteroatoms. The molecule has 4 nitrogen and oxygen atoms in total. The summed E-state index contributed by atoms with van der Waals surface area (Å²) >= 11 is 0. The highest BCUT2D eigenvalue weighted by Gasteiger charge is 2.19. The summed E-state index contributed by atoms with van der Waals surface area (Å²) in [5.41, 5.74) is 0.157. The van der Waals surface area contributed by atoms with E-state index in [2.05, 4.69) is 24.5 Å². The molecule has 0 spiro atoms. The molecule has 0 saturated carbocycles. The quantitative estimate of drug-likeness (QED) is 0.537. The average Bonchev–Trinajstić information content (AvgIpc) is 2.30. The van der Waals surface area contributed by atoms with Gasteiger partial charge in [-0.2, -0.15) is 0 Å². The Morgan fingerprint density at radius 1 is 1.00 bits per heavy atom. The van der Waals surface area contributed by atoms with Gasteiger partial charge in [0, 0.05) is 13.1 Å². The first-order valence-electron chi connectivity index (χ1n) is 6.39. The van der Waals surface area contributed by atoms with Crippen LogP contribution in [0.3, 0.4) is 0 Å². The van der Waals surface area contributed by atoms with Crippen LogP contribution < -0.4 is 21.5 Å². The summed E-state index contributed by atoms with van der Waals surface area (Å²) in [5, 5.41) is 5.97. The zero-order valence-electron chi connectivity index (χ0n) is 10.9. The molecule has 0 heterocycles. The summed E-state index contributed by atoms with van der Waals surface area (Å²) in [6, 6.07) is 0. The van der Waals surface area contributed by atoms with Crippen LogP contribution >= 0.6 is 0 Å². The zero-order valence-corrected chi connectivity index (χ0v) is 10.9. The maximum atomic E-state index is 11.3. The average molecular weight is 238 g/mol. The van der Waals surface area contributed by atoms with Crippen molar-refractivity contribution in [2.24, 2.45) is 5.92 Å². The van der Waals surface area contributed by atoms with Crippen LogP contribution in [0.2, 0.25) is 0 Å². The van der Waals surface area contributed by atoms with Gasteiger partial charge in [-0.05, 0) is 19.3 Å². The van der Waals surface area contributed by atoms with Crippen molar-refractivity contribution in [1.29, 1.82) is 0 Å². The highest BCUT2D eigenvalue weighted by atomic mass is 16.2. The maximum absolute atomic E-state index is 11.3. The van der Waals surface area contributed by atoms with Crippen molar-refractivity contribution in [2.45, 2.75) is 40.0 Å². The Balaban J connectivity index is 2.35. The molecule has 2 N–H and O–H groups in total. The molecule has 1 aromatic carbocycles. The van der Waals surface area contributed by atoms with E-state index in [0.717, 1.165) is 25.3 Å². The molecule has 0 aliphatic heterocycles.